The van der Waals surface area contributed by atoms with Gasteiger partial charge in [-0.25, -0.2) is 0 Å². The zero-order chi connectivity index (χ0) is 18.4. The van der Waals surface area contributed by atoms with Gasteiger partial charge in [-0.1, -0.05) is 18.2 Å². The van der Waals surface area contributed by atoms with E-state index in [2.05, 4.69) is 15.6 Å². The first-order valence-corrected chi connectivity index (χ1v) is 8.58. The summed E-state index contributed by atoms with van der Waals surface area (Å²) in [4.78, 5) is 16.7. The van der Waals surface area contributed by atoms with Crippen LogP contribution in [0.25, 0.3) is 11.3 Å². The van der Waals surface area contributed by atoms with E-state index in [0.29, 0.717) is 17.8 Å². The van der Waals surface area contributed by atoms with Gasteiger partial charge in [0.25, 0.3) is 0 Å². The maximum atomic E-state index is 12.7. The zero-order valence-corrected chi connectivity index (χ0v) is 15.2. The van der Waals surface area contributed by atoms with Crippen molar-refractivity contribution >= 4 is 18.3 Å². The molecule has 2 saturated heterocycles. The average Bonchev–Trinajstić information content (AvgIpc) is 3.22. The Kier molecular flexibility index (Phi) is 5.18. The second-order valence-electron chi connectivity index (χ2n) is 6.85. The number of rotatable bonds is 2. The first kappa shape index (κ1) is 19.6. The molecule has 2 fully saturated rings. The third-order valence-electron chi connectivity index (χ3n) is 5.22. The Labute approximate surface area is 161 Å². The van der Waals surface area contributed by atoms with Crippen molar-refractivity contribution in [2.45, 2.75) is 37.0 Å². The predicted octanol–water partition coefficient (Wildman–Crippen LogP) is 3.87. The number of aromatic nitrogens is 1. The number of benzene rings is 1. The highest BCUT2D eigenvalue weighted by molar-refractivity contribution is 5.88. The third kappa shape index (κ3) is 3.66. The van der Waals surface area contributed by atoms with Crippen molar-refractivity contribution in [3.63, 3.8) is 0 Å². The van der Waals surface area contributed by atoms with E-state index in [9.17, 15) is 18.0 Å². The molecule has 8 heteroatoms. The monoisotopic (exact) mass is 397 g/mol. The standard InChI is InChI=1S/C19H18F3N3O.ClH/c20-19(21,22)13-6-4-12(5-7-13)14-2-1-3-15(24-14)16-8-9-18(25-16)10-11-23-17(18)26;/h1-7,16,25H,8-11H2,(H,23,26);1H/t16-,18-;/m1./s1. The maximum Gasteiger partial charge on any atom is 0.416 e. The molecule has 2 aromatic rings. The van der Waals surface area contributed by atoms with E-state index in [0.717, 1.165) is 37.1 Å². The first-order valence-electron chi connectivity index (χ1n) is 8.58. The van der Waals surface area contributed by atoms with E-state index in [1.54, 1.807) is 6.07 Å². The highest BCUT2D eigenvalue weighted by Gasteiger charge is 2.48. The molecule has 27 heavy (non-hydrogen) atoms. The summed E-state index contributed by atoms with van der Waals surface area (Å²) in [5, 5.41) is 6.28. The first-order chi connectivity index (χ1) is 12.4. The van der Waals surface area contributed by atoms with Crippen LogP contribution in [-0.2, 0) is 11.0 Å². The molecule has 1 aromatic carbocycles. The molecular weight excluding hydrogens is 379 g/mol. The number of halogens is 4. The second kappa shape index (κ2) is 7.13. The Bertz CT molecular complexity index is 841. The quantitative estimate of drug-likeness (QED) is 0.808. The molecule has 0 bridgehead atoms. The molecule has 2 atom stereocenters. The van der Waals surface area contributed by atoms with E-state index < -0.39 is 17.3 Å². The van der Waals surface area contributed by atoms with Gasteiger partial charge in [0.05, 0.1) is 23.0 Å². The van der Waals surface area contributed by atoms with Crippen LogP contribution in [0.15, 0.2) is 42.5 Å². The zero-order valence-electron chi connectivity index (χ0n) is 14.3. The molecule has 0 aliphatic carbocycles. The number of carbonyl (C=O) groups is 1. The summed E-state index contributed by atoms with van der Waals surface area (Å²) in [5.74, 6) is 0.0406. The SMILES string of the molecule is Cl.O=C1NCC[C@]12CC[C@H](c1cccc(-c3ccc(C(F)(F)F)cc3)n1)N2. The molecule has 4 nitrogen and oxygen atoms in total. The smallest absolute Gasteiger partial charge is 0.354 e. The number of amides is 1. The Hall–Kier alpha value is -2.12. The number of pyridine rings is 1. The fourth-order valence-corrected chi connectivity index (χ4v) is 3.78. The summed E-state index contributed by atoms with van der Waals surface area (Å²) in [7, 11) is 0. The van der Waals surface area contributed by atoms with Crippen molar-refractivity contribution < 1.29 is 18.0 Å². The third-order valence-corrected chi connectivity index (χ3v) is 5.22. The van der Waals surface area contributed by atoms with Gasteiger partial charge in [0, 0.05) is 12.1 Å². The number of nitrogens with zero attached hydrogens (tertiary/aromatic N) is 1. The van der Waals surface area contributed by atoms with Crippen molar-refractivity contribution in [3.05, 3.63) is 53.7 Å². The minimum Gasteiger partial charge on any atom is -0.354 e. The van der Waals surface area contributed by atoms with Crippen molar-refractivity contribution in [1.29, 1.82) is 0 Å². The van der Waals surface area contributed by atoms with Gasteiger partial charge in [-0.2, -0.15) is 13.2 Å². The molecule has 0 radical (unpaired) electrons. The van der Waals surface area contributed by atoms with Crippen LogP contribution in [-0.4, -0.2) is 23.0 Å². The lowest BCUT2D eigenvalue weighted by Crippen LogP contribution is -2.47. The maximum absolute atomic E-state index is 12.7. The van der Waals surface area contributed by atoms with Crippen molar-refractivity contribution in [2.75, 3.05) is 6.54 Å². The molecule has 0 unspecified atom stereocenters. The molecule has 4 rings (SSSR count). The summed E-state index contributed by atoms with van der Waals surface area (Å²) in [6.07, 6.45) is -2.02. The lowest BCUT2D eigenvalue weighted by Gasteiger charge is -2.21. The fourth-order valence-electron chi connectivity index (χ4n) is 3.78. The van der Waals surface area contributed by atoms with E-state index in [-0.39, 0.29) is 24.4 Å². The van der Waals surface area contributed by atoms with Crippen LogP contribution < -0.4 is 10.6 Å². The highest BCUT2D eigenvalue weighted by atomic mass is 35.5. The second-order valence-corrected chi connectivity index (χ2v) is 6.85. The number of hydrogen-bond acceptors (Lipinski definition) is 3. The van der Waals surface area contributed by atoms with Crippen LogP contribution >= 0.6 is 12.4 Å². The predicted molar refractivity (Wildman–Crippen MR) is 97.4 cm³/mol. The molecule has 1 aromatic heterocycles. The van der Waals surface area contributed by atoms with Gasteiger partial charge < -0.3 is 5.32 Å². The summed E-state index contributed by atoms with van der Waals surface area (Å²) in [6.45, 7) is 0.678. The Balaban J connectivity index is 0.00000210. The van der Waals surface area contributed by atoms with Crippen LogP contribution in [0.2, 0.25) is 0 Å². The summed E-state index contributed by atoms with van der Waals surface area (Å²) < 4.78 is 38.1. The molecule has 1 spiro atoms. The van der Waals surface area contributed by atoms with Crippen LogP contribution in [0.1, 0.15) is 36.6 Å². The Morgan fingerprint density at radius 3 is 2.44 bits per heavy atom. The van der Waals surface area contributed by atoms with Gasteiger partial charge >= 0.3 is 6.18 Å². The number of carbonyl (C=O) groups excluding carboxylic acids is 1. The fraction of sp³-hybridized carbons (Fsp3) is 0.368. The normalized spacial score (nSPS) is 24.7. The van der Waals surface area contributed by atoms with Crippen LogP contribution in [0.4, 0.5) is 13.2 Å². The van der Waals surface area contributed by atoms with Crippen molar-refractivity contribution in [3.8, 4) is 11.3 Å². The Morgan fingerprint density at radius 1 is 1.07 bits per heavy atom. The molecular formula is C19H19ClF3N3O. The largest absolute Gasteiger partial charge is 0.416 e. The lowest BCUT2D eigenvalue weighted by molar-refractivity contribution is -0.137. The van der Waals surface area contributed by atoms with Crippen molar-refractivity contribution in [1.82, 2.24) is 15.6 Å². The van der Waals surface area contributed by atoms with Gasteiger partial charge in [-0.3, -0.25) is 15.1 Å². The van der Waals surface area contributed by atoms with Crippen LogP contribution in [0.3, 0.4) is 0 Å². The molecule has 1 amide bonds. The Morgan fingerprint density at radius 2 is 1.81 bits per heavy atom. The average molecular weight is 398 g/mol. The van der Waals surface area contributed by atoms with Crippen LogP contribution in [0, 0.1) is 0 Å². The summed E-state index contributed by atoms with van der Waals surface area (Å²) in [5.41, 5.74) is 0.875. The van der Waals surface area contributed by atoms with Crippen LogP contribution in [0.5, 0.6) is 0 Å². The molecule has 2 N–H and O–H groups in total. The highest BCUT2D eigenvalue weighted by Crippen LogP contribution is 2.37. The van der Waals surface area contributed by atoms with Crippen molar-refractivity contribution in [2.24, 2.45) is 0 Å². The van der Waals surface area contributed by atoms with Gasteiger partial charge in [-0.05, 0) is 43.5 Å². The van der Waals surface area contributed by atoms with E-state index in [4.69, 9.17) is 0 Å². The van der Waals surface area contributed by atoms with Gasteiger partial charge in [0.2, 0.25) is 5.91 Å². The minimum absolute atomic E-state index is 0. The van der Waals surface area contributed by atoms with Gasteiger partial charge in [-0.15, -0.1) is 12.4 Å². The van der Waals surface area contributed by atoms with Gasteiger partial charge in [0.15, 0.2) is 0 Å². The number of hydrogen-bond donors (Lipinski definition) is 2. The number of nitrogens with one attached hydrogen (secondary N) is 2. The lowest BCUT2D eigenvalue weighted by atomic mass is 9.96. The molecule has 2 aliphatic heterocycles. The molecule has 0 saturated carbocycles. The number of alkyl halides is 3. The summed E-state index contributed by atoms with van der Waals surface area (Å²) in [6, 6.07) is 10.5. The molecule has 3 heterocycles. The summed E-state index contributed by atoms with van der Waals surface area (Å²) >= 11 is 0. The van der Waals surface area contributed by atoms with Gasteiger partial charge in [0.1, 0.15) is 5.54 Å². The molecule has 2 aliphatic rings. The van der Waals surface area contributed by atoms with E-state index in [1.807, 2.05) is 12.1 Å². The van der Waals surface area contributed by atoms with E-state index >= 15 is 0 Å². The molecule has 144 valence electrons. The van der Waals surface area contributed by atoms with E-state index in [1.165, 1.54) is 12.1 Å². The topological polar surface area (TPSA) is 54.0 Å². The minimum atomic E-state index is -4.35.